The van der Waals surface area contributed by atoms with E-state index in [1.54, 1.807) is 18.2 Å². The zero-order valence-corrected chi connectivity index (χ0v) is 14.2. The van der Waals surface area contributed by atoms with Gasteiger partial charge in [-0.05, 0) is 42.5 Å². The van der Waals surface area contributed by atoms with Gasteiger partial charge in [0.1, 0.15) is 0 Å². The van der Waals surface area contributed by atoms with Gasteiger partial charge in [-0.25, -0.2) is 0 Å². The number of hydrogen-bond acceptors (Lipinski definition) is 2. The molecular weight excluding hydrogens is 293 g/mol. The van der Waals surface area contributed by atoms with Crippen LogP contribution in [0.5, 0.6) is 0 Å². The van der Waals surface area contributed by atoms with E-state index >= 15 is 0 Å². The highest BCUT2D eigenvalue weighted by Crippen LogP contribution is 2.26. The van der Waals surface area contributed by atoms with Crippen molar-refractivity contribution in [3.05, 3.63) is 33.8 Å². The van der Waals surface area contributed by atoms with E-state index in [0.717, 1.165) is 6.54 Å². The Morgan fingerprint density at radius 2 is 1.65 bits per heavy atom. The molecule has 0 fully saturated rings. The van der Waals surface area contributed by atoms with Crippen molar-refractivity contribution < 1.29 is 5.11 Å². The van der Waals surface area contributed by atoms with E-state index in [2.05, 4.69) is 33.0 Å². The molecule has 0 bridgehead atoms. The molecule has 2 N–H and O–H groups in total. The number of benzene rings is 1. The van der Waals surface area contributed by atoms with Crippen LogP contribution in [0.4, 0.5) is 0 Å². The average Bonchev–Trinajstić information content (AvgIpc) is 2.36. The molecule has 0 aliphatic heterocycles. The van der Waals surface area contributed by atoms with Gasteiger partial charge in [0.05, 0.1) is 6.10 Å². The molecule has 0 heterocycles. The Bertz CT molecular complexity index is 413. The molecule has 0 saturated heterocycles. The van der Waals surface area contributed by atoms with Crippen LogP contribution >= 0.6 is 23.2 Å². The predicted molar refractivity (Wildman–Crippen MR) is 87.5 cm³/mol. The van der Waals surface area contributed by atoms with E-state index < -0.39 is 6.10 Å². The summed E-state index contributed by atoms with van der Waals surface area (Å²) in [5, 5.41) is 14.7. The van der Waals surface area contributed by atoms with Gasteiger partial charge in [-0.15, -0.1) is 0 Å². The first-order valence-corrected chi connectivity index (χ1v) is 7.92. The zero-order chi connectivity index (χ0) is 15.3. The third-order valence-corrected chi connectivity index (χ3v) is 4.33. The van der Waals surface area contributed by atoms with Crippen LogP contribution in [0, 0.1) is 17.8 Å². The van der Waals surface area contributed by atoms with Crippen LogP contribution in [0.3, 0.4) is 0 Å². The Kier molecular flexibility index (Phi) is 7.32. The van der Waals surface area contributed by atoms with Crippen molar-refractivity contribution in [3.63, 3.8) is 0 Å². The first kappa shape index (κ1) is 17.8. The highest BCUT2D eigenvalue weighted by atomic mass is 35.5. The van der Waals surface area contributed by atoms with Gasteiger partial charge >= 0.3 is 0 Å². The van der Waals surface area contributed by atoms with Crippen LogP contribution in [0.25, 0.3) is 0 Å². The molecule has 1 aromatic carbocycles. The highest BCUT2D eigenvalue weighted by Gasteiger charge is 2.18. The fourth-order valence-electron chi connectivity index (χ4n) is 2.51. The summed E-state index contributed by atoms with van der Waals surface area (Å²) in [7, 11) is 0. The van der Waals surface area contributed by atoms with Crippen molar-refractivity contribution in [1.82, 2.24) is 5.32 Å². The highest BCUT2D eigenvalue weighted by molar-refractivity contribution is 6.33. The quantitative estimate of drug-likeness (QED) is 0.773. The number of rotatable bonds is 7. The minimum absolute atomic E-state index is 0.482. The lowest BCUT2D eigenvalue weighted by molar-refractivity contribution is 0.167. The van der Waals surface area contributed by atoms with Crippen molar-refractivity contribution in [3.8, 4) is 0 Å². The van der Waals surface area contributed by atoms with Gasteiger partial charge in [-0.3, -0.25) is 0 Å². The van der Waals surface area contributed by atoms with Crippen molar-refractivity contribution in [2.45, 2.75) is 33.8 Å². The van der Waals surface area contributed by atoms with Gasteiger partial charge in [-0.1, -0.05) is 50.9 Å². The Morgan fingerprint density at radius 1 is 1.05 bits per heavy atom. The zero-order valence-electron chi connectivity index (χ0n) is 12.7. The minimum atomic E-state index is -0.638. The predicted octanol–water partition coefficient (Wildman–Crippen LogP) is 4.54. The van der Waals surface area contributed by atoms with Gasteiger partial charge in [-0.2, -0.15) is 0 Å². The molecule has 1 unspecified atom stereocenters. The molecular formula is C16H25Cl2NO. The fraction of sp³-hybridized carbons (Fsp3) is 0.625. The van der Waals surface area contributed by atoms with Gasteiger partial charge in [0.2, 0.25) is 0 Å². The van der Waals surface area contributed by atoms with E-state index in [1.165, 1.54) is 0 Å². The molecule has 1 aromatic rings. The largest absolute Gasteiger partial charge is 0.387 e. The second-order valence-electron chi connectivity index (χ2n) is 5.99. The topological polar surface area (TPSA) is 32.3 Å². The Morgan fingerprint density at radius 3 is 2.20 bits per heavy atom. The van der Waals surface area contributed by atoms with Gasteiger partial charge in [0.15, 0.2) is 0 Å². The standard InChI is InChI=1S/C16H25Cl2NO/c1-10(2)14(11(3)4)8-19-9-16(20)13-7-12(17)5-6-15(13)18/h5-7,10-11,14,16,19-20H,8-9H2,1-4H3. The monoisotopic (exact) mass is 317 g/mol. The second-order valence-corrected chi connectivity index (χ2v) is 6.84. The summed E-state index contributed by atoms with van der Waals surface area (Å²) in [6.07, 6.45) is -0.638. The van der Waals surface area contributed by atoms with Gasteiger partial charge in [0, 0.05) is 22.2 Å². The SMILES string of the molecule is CC(C)C(CNCC(O)c1cc(Cl)ccc1Cl)C(C)C. The Hall–Kier alpha value is -0.280. The maximum atomic E-state index is 10.2. The summed E-state index contributed by atoms with van der Waals surface area (Å²) >= 11 is 12.0. The molecule has 0 aliphatic carbocycles. The minimum Gasteiger partial charge on any atom is -0.387 e. The van der Waals surface area contributed by atoms with E-state index in [0.29, 0.717) is 39.9 Å². The molecule has 20 heavy (non-hydrogen) atoms. The molecule has 4 heteroatoms. The number of halogens is 2. The molecule has 0 aromatic heterocycles. The van der Waals surface area contributed by atoms with Gasteiger partial charge < -0.3 is 10.4 Å². The van der Waals surface area contributed by atoms with Crippen molar-refractivity contribution in [2.24, 2.45) is 17.8 Å². The molecule has 1 rings (SSSR count). The van der Waals surface area contributed by atoms with Crippen LogP contribution in [0.1, 0.15) is 39.4 Å². The fourth-order valence-corrected chi connectivity index (χ4v) is 2.93. The summed E-state index contributed by atoms with van der Waals surface area (Å²) < 4.78 is 0. The molecule has 0 spiro atoms. The Balaban J connectivity index is 2.55. The molecule has 0 radical (unpaired) electrons. The second kappa shape index (κ2) is 8.23. The summed E-state index contributed by atoms with van der Waals surface area (Å²) in [5.41, 5.74) is 0.678. The van der Waals surface area contributed by atoms with Crippen LogP contribution < -0.4 is 5.32 Å². The number of aliphatic hydroxyl groups is 1. The molecule has 114 valence electrons. The summed E-state index contributed by atoms with van der Waals surface area (Å²) in [6.45, 7) is 10.3. The molecule has 0 saturated carbocycles. The summed E-state index contributed by atoms with van der Waals surface area (Å²) in [6, 6.07) is 5.16. The third kappa shape index (κ3) is 5.25. The number of nitrogens with one attached hydrogen (secondary N) is 1. The molecule has 2 nitrogen and oxygen atoms in total. The van der Waals surface area contributed by atoms with E-state index in [1.807, 2.05) is 0 Å². The summed E-state index contributed by atoms with van der Waals surface area (Å²) in [4.78, 5) is 0. The molecule has 0 amide bonds. The number of aliphatic hydroxyl groups excluding tert-OH is 1. The van der Waals surface area contributed by atoms with E-state index in [4.69, 9.17) is 23.2 Å². The smallest absolute Gasteiger partial charge is 0.0929 e. The Labute approximate surface area is 132 Å². The lowest BCUT2D eigenvalue weighted by atomic mass is 9.85. The van der Waals surface area contributed by atoms with E-state index in [-0.39, 0.29) is 0 Å². The maximum Gasteiger partial charge on any atom is 0.0929 e. The summed E-state index contributed by atoms with van der Waals surface area (Å²) in [5.74, 6) is 1.83. The van der Waals surface area contributed by atoms with Crippen LogP contribution in [0.15, 0.2) is 18.2 Å². The van der Waals surface area contributed by atoms with Gasteiger partial charge in [0.25, 0.3) is 0 Å². The van der Waals surface area contributed by atoms with Crippen molar-refractivity contribution >= 4 is 23.2 Å². The van der Waals surface area contributed by atoms with E-state index in [9.17, 15) is 5.11 Å². The van der Waals surface area contributed by atoms with Crippen LogP contribution in [-0.4, -0.2) is 18.2 Å². The van der Waals surface area contributed by atoms with Crippen LogP contribution in [0.2, 0.25) is 10.0 Å². The van der Waals surface area contributed by atoms with Crippen LogP contribution in [-0.2, 0) is 0 Å². The normalized spacial score (nSPS) is 13.5. The first-order valence-electron chi connectivity index (χ1n) is 7.16. The lowest BCUT2D eigenvalue weighted by Crippen LogP contribution is -2.32. The maximum absolute atomic E-state index is 10.2. The van der Waals surface area contributed by atoms with Crippen molar-refractivity contribution in [2.75, 3.05) is 13.1 Å². The molecule has 1 atom stereocenters. The van der Waals surface area contributed by atoms with Crippen molar-refractivity contribution in [1.29, 1.82) is 0 Å². The number of hydrogen-bond donors (Lipinski definition) is 2. The average molecular weight is 318 g/mol. The molecule has 0 aliphatic rings. The third-order valence-electron chi connectivity index (χ3n) is 3.75. The first-order chi connectivity index (χ1) is 9.32. The lowest BCUT2D eigenvalue weighted by Gasteiger charge is -2.26.